The molecule has 2 N–H and O–H groups in total. The van der Waals surface area contributed by atoms with Gasteiger partial charge in [0.2, 0.25) is 5.91 Å². The Balaban J connectivity index is 2.05. The highest BCUT2D eigenvalue weighted by Crippen LogP contribution is 2.28. The molecule has 7 heteroatoms. The Hall–Kier alpha value is -4.13. The molecule has 2 unspecified atom stereocenters. The van der Waals surface area contributed by atoms with E-state index in [1.54, 1.807) is 25.7 Å². The van der Waals surface area contributed by atoms with Crippen LogP contribution in [0, 0.1) is 20.8 Å². The number of amides is 3. The van der Waals surface area contributed by atoms with Crippen LogP contribution in [0.1, 0.15) is 68.0 Å². The first-order valence-corrected chi connectivity index (χ1v) is 14.2. The SMILES string of the molecule is CCCN(C(=O)C(Cc1ccccc1)NC(=O)OC(C)(C)C)C(C(=O)Nc1c(C)cccc1C)c1ccc(C)cc1. The minimum atomic E-state index is -0.945. The van der Waals surface area contributed by atoms with Crippen molar-refractivity contribution in [2.75, 3.05) is 11.9 Å². The second kappa shape index (κ2) is 14.0. The fourth-order valence-electron chi connectivity index (χ4n) is 4.73. The summed E-state index contributed by atoms with van der Waals surface area (Å²) in [5, 5.41) is 5.90. The van der Waals surface area contributed by atoms with Gasteiger partial charge in [0.05, 0.1) is 0 Å². The number of aryl methyl sites for hydroxylation is 3. The van der Waals surface area contributed by atoms with Gasteiger partial charge >= 0.3 is 6.09 Å². The number of nitrogens with zero attached hydrogens (tertiary/aromatic N) is 1. The molecule has 218 valence electrons. The Kier molecular flexibility index (Phi) is 10.7. The van der Waals surface area contributed by atoms with Crippen molar-refractivity contribution in [3.63, 3.8) is 0 Å². The standard InChI is InChI=1S/C34H43N3O4/c1-8-21-37(32(39)28(22-26-15-10-9-11-16-26)35-33(40)41-34(5,6)7)30(27-19-17-23(2)18-20-27)31(38)36-29-24(3)13-12-14-25(29)4/h9-20,28,30H,8,21-22H2,1-7H3,(H,35,40)(H,36,38). The summed E-state index contributed by atoms with van der Waals surface area (Å²) in [5.41, 5.74) is 4.48. The zero-order valence-electron chi connectivity index (χ0n) is 25.3. The van der Waals surface area contributed by atoms with Gasteiger partial charge in [-0.25, -0.2) is 4.79 Å². The summed E-state index contributed by atoms with van der Waals surface area (Å²) < 4.78 is 5.51. The fraction of sp³-hybridized carbons (Fsp3) is 0.382. The summed E-state index contributed by atoms with van der Waals surface area (Å²) >= 11 is 0. The van der Waals surface area contributed by atoms with Gasteiger partial charge in [-0.05, 0) is 70.2 Å². The topological polar surface area (TPSA) is 87.7 Å². The van der Waals surface area contributed by atoms with E-state index in [9.17, 15) is 14.4 Å². The van der Waals surface area contributed by atoms with Crippen LogP contribution in [0.2, 0.25) is 0 Å². The zero-order chi connectivity index (χ0) is 30.2. The zero-order valence-corrected chi connectivity index (χ0v) is 25.3. The van der Waals surface area contributed by atoms with Crippen LogP contribution in [0.25, 0.3) is 0 Å². The molecule has 3 aromatic carbocycles. The number of para-hydroxylation sites is 1. The van der Waals surface area contributed by atoms with Gasteiger partial charge in [0.15, 0.2) is 0 Å². The third kappa shape index (κ3) is 8.93. The van der Waals surface area contributed by atoms with Crippen LogP contribution < -0.4 is 10.6 Å². The van der Waals surface area contributed by atoms with Crippen LogP contribution in [0.4, 0.5) is 10.5 Å². The van der Waals surface area contributed by atoms with Crippen molar-refractivity contribution in [3.8, 4) is 0 Å². The average molecular weight is 558 g/mol. The van der Waals surface area contributed by atoms with Crippen LogP contribution in [0.5, 0.6) is 0 Å². The number of anilines is 1. The van der Waals surface area contributed by atoms with E-state index < -0.39 is 23.8 Å². The molecule has 0 saturated carbocycles. The van der Waals surface area contributed by atoms with E-state index in [1.165, 1.54) is 0 Å². The highest BCUT2D eigenvalue weighted by Gasteiger charge is 2.36. The number of carbonyl (C=O) groups is 3. The van der Waals surface area contributed by atoms with Crippen LogP contribution >= 0.6 is 0 Å². The third-order valence-corrected chi connectivity index (χ3v) is 6.70. The summed E-state index contributed by atoms with van der Waals surface area (Å²) in [6, 6.07) is 21.1. The minimum absolute atomic E-state index is 0.248. The molecule has 0 heterocycles. The van der Waals surface area contributed by atoms with Gasteiger partial charge in [0, 0.05) is 18.7 Å². The first kappa shape index (κ1) is 31.4. The molecular weight excluding hydrogens is 514 g/mol. The summed E-state index contributed by atoms with van der Waals surface area (Å²) in [6.07, 6.45) is 0.183. The fourth-order valence-corrected chi connectivity index (χ4v) is 4.73. The summed E-state index contributed by atoms with van der Waals surface area (Å²) in [7, 11) is 0. The molecule has 2 atom stereocenters. The largest absolute Gasteiger partial charge is 0.444 e. The number of hydrogen-bond acceptors (Lipinski definition) is 4. The molecule has 3 aromatic rings. The van der Waals surface area contributed by atoms with Gasteiger partial charge in [0.25, 0.3) is 5.91 Å². The molecule has 0 fully saturated rings. The quantitative estimate of drug-likeness (QED) is 0.292. The number of rotatable bonds is 10. The van der Waals surface area contributed by atoms with Gasteiger partial charge in [-0.15, -0.1) is 0 Å². The number of nitrogens with one attached hydrogen (secondary N) is 2. The van der Waals surface area contributed by atoms with Crippen molar-refractivity contribution in [3.05, 3.63) is 101 Å². The van der Waals surface area contributed by atoms with Gasteiger partial charge in [-0.1, -0.05) is 85.3 Å². The summed E-state index contributed by atoms with van der Waals surface area (Å²) in [6.45, 7) is 13.5. The lowest BCUT2D eigenvalue weighted by atomic mass is 9.99. The van der Waals surface area contributed by atoms with Crippen molar-refractivity contribution >= 4 is 23.6 Å². The molecule has 3 rings (SSSR count). The Morgan fingerprint density at radius 3 is 2.02 bits per heavy atom. The monoisotopic (exact) mass is 557 g/mol. The van der Waals surface area contributed by atoms with E-state index in [0.29, 0.717) is 18.5 Å². The highest BCUT2D eigenvalue weighted by atomic mass is 16.6. The van der Waals surface area contributed by atoms with E-state index in [1.807, 2.05) is 100 Å². The van der Waals surface area contributed by atoms with Crippen molar-refractivity contribution in [1.82, 2.24) is 10.2 Å². The first-order chi connectivity index (χ1) is 19.4. The number of benzene rings is 3. The number of carbonyl (C=O) groups excluding carboxylic acids is 3. The van der Waals surface area contributed by atoms with E-state index in [4.69, 9.17) is 4.74 Å². The maximum Gasteiger partial charge on any atom is 0.408 e. The maximum atomic E-state index is 14.4. The smallest absolute Gasteiger partial charge is 0.408 e. The predicted molar refractivity (Wildman–Crippen MR) is 164 cm³/mol. The van der Waals surface area contributed by atoms with Gasteiger partial charge in [-0.3, -0.25) is 9.59 Å². The van der Waals surface area contributed by atoms with E-state index in [2.05, 4.69) is 10.6 Å². The molecule has 0 aromatic heterocycles. The maximum absolute atomic E-state index is 14.4. The predicted octanol–water partition coefficient (Wildman–Crippen LogP) is 6.67. The van der Waals surface area contributed by atoms with Crippen LogP contribution in [-0.2, 0) is 20.7 Å². The van der Waals surface area contributed by atoms with Crippen LogP contribution in [-0.4, -0.2) is 41.0 Å². The van der Waals surface area contributed by atoms with Gasteiger partial charge in [-0.2, -0.15) is 0 Å². The molecular formula is C34H43N3O4. The number of hydrogen-bond donors (Lipinski definition) is 2. The van der Waals surface area contributed by atoms with Crippen molar-refractivity contribution < 1.29 is 19.1 Å². The molecule has 0 aliphatic carbocycles. The second-order valence-electron chi connectivity index (χ2n) is 11.5. The minimum Gasteiger partial charge on any atom is -0.444 e. The van der Waals surface area contributed by atoms with E-state index in [-0.39, 0.29) is 18.2 Å². The Morgan fingerprint density at radius 1 is 0.854 bits per heavy atom. The van der Waals surface area contributed by atoms with Crippen LogP contribution in [0.15, 0.2) is 72.8 Å². The van der Waals surface area contributed by atoms with E-state index in [0.717, 1.165) is 27.9 Å². The molecule has 0 aliphatic heterocycles. The molecule has 0 radical (unpaired) electrons. The first-order valence-electron chi connectivity index (χ1n) is 14.2. The Bertz CT molecular complexity index is 1310. The molecule has 0 bridgehead atoms. The molecule has 0 saturated heterocycles. The molecule has 0 aliphatic rings. The van der Waals surface area contributed by atoms with Crippen LogP contribution in [0.3, 0.4) is 0 Å². The van der Waals surface area contributed by atoms with Crippen molar-refractivity contribution in [2.45, 2.75) is 79.0 Å². The van der Waals surface area contributed by atoms with Crippen molar-refractivity contribution in [1.29, 1.82) is 0 Å². The second-order valence-corrected chi connectivity index (χ2v) is 11.5. The summed E-state index contributed by atoms with van der Waals surface area (Å²) in [5.74, 6) is -0.674. The lowest BCUT2D eigenvalue weighted by Crippen LogP contribution is -2.53. The Labute approximate surface area is 244 Å². The van der Waals surface area contributed by atoms with Crippen molar-refractivity contribution in [2.24, 2.45) is 0 Å². The average Bonchev–Trinajstić information content (AvgIpc) is 2.90. The normalized spacial score (nSPS) is 12.7. The summed E-state index contributed by atoms with van der Waals surface area (Å²) in [4.78, 5) is 43.0. The lowest BCUT2D eigenvalue weighted by Gasteiger charge is -2.34. The van der Waals surface area contributed by atoms with Gasteiger partial charge in [0.1, 0.15) is 17.7 Å². The highest BCUT2D eigenvalue weighted by molar-refractivity contribution is 6.00. The number of ether oxygens (including phenoxy) is 1. The lowest BCUT2D eigenvalue weighted by molar-refractivity contribution is -0.140. The molecule has 7 nitrogen and oxygen atoms in total. The Morgan fingerprint density at radius 2 is 1.46 bits per heavy atom. The molecule has 3 amide bonds. The van der Waals surface area contributed by atoms with E-state index >= 15 is 0 Å². The third-order valence-electron chi connectivity index (χ3n) is 6.70. The molecule has 0 spiro atoms. The van der Waals surface area contributed by atoms with Gasteiger partial charge < -0.3 is 20.3 Å². The molecule has 41 heavy (non-hydrogen) atoms. The number of alkyl carbamates (subject to hydrolysis) is 1.